The summed E-state index contributed by atoms with van der Waals surface area (Å²) in [4.78, 5) is 11.2. The van der Waals surface area contributed by atoms with Gasteiger partial charge in [-0.25, -0.2) is 0 Å². The highest BCUT2D eigenvalue weighted by molar-refractivity contribution is 7.86. The molecule has 1 atom stereocenters. The molecule has 1 aliphatic rings. The molecule has 1 unspecified atom stereocenters. The van der Waals surface area contributed by atoms with Crippen LogP contribution in [-0.2, 0) is 19.6 Å². The van der Waals surface area contributed by atoms with Crippen molar-refractivity contribution in [2.24, 2.45) is 5.92 Å². The number of alkyl halides is 2. The van der Waals surface area contributed by atoms with Gasteiger partial charge >= 0.3 is 21.3 Å². The highest BCUT2D eigenvalue weighted by atomic mass is 32.2. The van der Waals surface area contributed by atoms with Crippen LogP contribution in [0.1, 0.15) is 26.2 Å². The summed E-state index contributed by atoms with van der Waals surface area (Å²) in [7, 11) is -5.57. The first-order valence-corrected chi connectivity index (χ1v) is 6.15. The van der Waals surface area contributed by atoms with Crippen molar-refractivity contribution in [1.82, 2.24) is 0 Å². The van der Waals surface area contributed by atoms with E-state index >= 15 is 0 Å². The predicted octanol–water partition coefficient (Wildman–Crippen LogP) is 1.20. The molecule has 0 bridgehead atoms. The zero-order chi connectivity index (χ0) is 12.6. The molecule has 0 radical (unpaired) electrons. The first kappa shape index (κ1) is 13.3. The minimum atomic E-state index is -5.57. The highest BCUT2D eigenvalue weighted by Gasteiger charge is 2.52. The summed E-state index contributed by atoms with van der Waals surface area (Å²) in [5.74, 6) is -1.28. The molecule has 0 aliphatic heterocycles. The molecule has 0 aromatic carbocycles. The molecule has 0 amide bonds. The van der Waals surface area contributed by atoms with Gasteiger partial charge in [0, 0.05) is 0 Å². The molecule has 16 heavy (non-hydrogen) atoms. The Morgan fingerprint density at radius 1 is 1.50 bits per heavy atom. The Morgan fingerprint density at radius 3 is 2.31 bits per heavy atom. The normalized spacial score (nSPS) is 20.0. The molecule has 8 heteroatoms. The SMILES string of the molecule is CC(OC(=O)C1CCC1)C(F)(F)S(=O)(=O)O. The first-order chi connectivity index (χ1) is 7.16. The van der Waals surface area contributed by atoms with Gasteiger partial charge in [-0.2, -0.15) is 17.2 Å². The van der Waals surface area contributed by atoms with E-state index in [-0.39, 0.29) is 0 Å². The summed E-state index contributed by atoms with van der Waals surface area (Å²) in [5.41, 5.74) is 0. The average Bonchev–Trinajstić information content (AvgIpc) is 1.97. The van der Waals surface area contributed by atoms with Crippen molar-refractivity contribution in [2.45, 2.75) is 37.5 Å². The summed E-state index contributed by atoms with van der Waals surface area (Å²) < 4.78 is 59.2. The van der Waals surface area contributed by atoms with Crippen LogP contribution < -0.4 is 0 Å². The molecule has 0 aromatic heterocycles. The Morgan fingerprint density at radius 2 is 2.00 bits per heavy atom. The van der Waals surface area contributed by atoms with Crippen LogP contribution in [0.4, 0.5) is 8.78 Å². The lowest BCUT2D eigenvalue weighted by Gasteiger charge is -2.27. The molecule has 5 nitrogen and oxygen atoms in total. The zero-order valence-corrected chi connectivity index (χ0v) is 9.34. The van der Waals surface area contributed by atoms with Crippen molar-refractivity contribution in [3.63, 3.8) is 0 Å². The monoisotopic (exact) mass is 258 g/mol. The fraction of sp³-hybridized carbons (Fsp3) is 0.875. The third-order valence-corrected chi connectivity index (χ3v) is 3.57. The topological polar surface area (TPSA) is 80.7 Å². The fourth-order valence-corrected chi connectivity index (χ4v) is 1.66. The molecule has 1 N–H and O–H groups in total. The van der Waals surface area contributed by atoms with Crippen molar-refractivity contribution >= 4 is 16.1 Å². The van der Waals surface area contributed by atoms with Gasteiger partial charge in [0.15, 0.2) is 6.10 Å². The van der Waals surface area contributed by atoms with Gasteiger partial charge in [0.2, 0.25) is 0 Å². The molecule has 0 aromatic rings. The van der Waals surface area contributed by atoms with Crippen LogP contribution in [0.2, 0.25) is 0 Å². The summed E-state index contributed by atoms with van der Waals surface area (Å²) in [6, 6.07) is 0. The first-order valence-electron chi connectivity index (χ1n) is 4.71. The van der Waals surface area contributed by atoms with Crippen molar-refractivity contribution < 1.29 is 31.3 Å². The number of carbonyl (C=O) groups is 1. The van der Waals surface area contributed by atoms with Crippen molar-refractivity contribution in [3.05, 3.63) is 0 Å². The van der Waals surface area contributed by atoms with Gasteiger partial charge in [0.25, 0.3) is 0 Å². The third kappa shape index (κ3) is 2.49. The van der Waals surface area contributed by atoms with Crippen LogP contribution in [0.15, 0.2) is 0 Å². The average molecular weight is 258 g/mol. The van der Waals surface area contributed by atoms with E-state index in [9.17, 15) is 22.0 Å². The molecule has 0 saturated heterocycles. The number of carbonyl (C=O) groups excluding carboxylic acids is 1. The van der Waals surface area contributed by atoms with Gasteiger partial charge in [0.05, 0.1) is 5.92 Å². The van der Waals surface area contributed by atoms with Gasteiger partial charge in [-0.15, -0.1) is 0 Å². The van der Waals surface area contributed by atoms with E-state index < -0.39 is 33.4 Å². The Hall–Kier alpha value is -0.760. The molecular formula is C8H12F2O5S. The van der Waals surface area contributed by atoms with E-state index in [0.29, 0.717) is 12.8 Å². The van der Waals surface area contributed by atoms with E-state index in [4.69, 9.17) is 4.55 Å². The highest BCUT2D eigenvalue weighted by Crippen LogP contribution is 2.31. The van der Waals surface area contributed by atoms with E-state index in [1.807, 2.05) is 0 Å². The van der Waals surface area contributed by atoms with Crippen LogP contribution in [0, 0.1) is 5.92 Å². The summed E-state index contributed by atoms with van der Waals surface area (Å²) >= 11 is 0. The van der Waals surface area contributed by atoms with Crippen LogP contribution in [0.5, 0.6) is 0 Å². The predicted molar refractivity (Wildman–Crippen MR) is 49.4 cm³/mol. The number of halogens is 2. The second kappa shape index (κ2) is 4.25. The third-order valence-electron chi connectivity index (χ3n) is 2.55. The van der Waals surface area contributed by atoms with Crippen LogP contribution >= 0.6 is 0 Å². The zero-order valence-electron chi connectivity index (χ0n) is 8.52. The quantitative estimate of drug-likeness (QED) is 0.605. The van der Waals surface area contributed by atoms with Gasteiger partial charge < -0.3 is 4.74 Å². The van der Waals surface area contributed by atoms with Crippen molar-refractivity contribution in [3.8, 4) is 0 Å². The number of esters is 1. The van der Waals surface area contributed by atoms with Gasteiger partial charge in [-0.1, -0.05) is 6.42 Å². The molecule has 1 fully saturated rings. The standard InChI is InChI=1S/C8H12F2O5S/c1-5(8(9,10)16(12,13)14)15-7(11)6-3-2-4-6/h5-6H,2-4H2,1H3,(H,12,13,14). The molecular weight excluding hydrogens is 246 g/mol. The van der Waals surface area contributed by atoms with Crippen LogP contribution in [0.3, 0.4) is 0 Å². The number of hydrogen-bond acceptors (Lipinski definition) is 4. The molecule has 1 rings (SSSR count). The Kier molecular flexibility index (Phi) is 3.53. The second-order valence-electron chi connectivity index (χ2n) is 3.74. The molecule has 0 heterocycles. The molecule has 0 spiro atoms. The summed E-state index contributed by atoms with van der Waals surface area (Å²) in [6.07, 6.45) is -0.259. The van der Waals surface area contributed by atoms with Crippen molar-refractivity contribution in [1.29, 1.82) is 0 Å². The maximum absolute atomic E-state index is 13.0. The van der Waals surface area contributed by atoms with E-state index in [0.717, 1.165) is 13.3 Å². The minimum Gasteiger partial charge on any atom is -0.455 e. The lowest BCUT2D eigenvalue weighted by atomic mass is 9.86. The Labute approximate surface area is 91.5 Å². The van der Waals surface area contributed by atoms with Gasteiger partial charge in [-0.05, 0) is 19.8 Å². The second-order valence-corrected chi connectivity index (χ2v) is 5.24. The number of hydrogen-bond donors (Lipinski definition) is 1. The van der Waals surface area contributed by atoms with Gasteiger partial charge in [-0.3, -0.25) is 9.35 Å². The summed E-state index contributed by atoms with van der Waals surface area (Å²) in [6.45, 7) is 0.727. The lowest BCUT2D eigenvalue weighted by molar-refractivity contribution is -0.167. The molecule has 1 aliphatic carbocycles. The van der Waals surface area contributed by atoms with Gasteiger partial charge in [0.1, 0.15) is 0 Å². The van der Waals surface area contributed by atoms with Crippen molar-refractivity contribution in [2.75, 3.05) is 0 Å². The van der Waals surface area contributed by atoms with E-state index in [1.54, 1.807) is 0 Å². The number of rotatable bonds is 4. The van der Waals surface area contributed by atoms with E-state index in [2.05, 4.69) is 4.74 Å². The van der Waals surface area contributed by atoms with Crippen LogP contribution in [-0.4, -0.2) is 30.3 Å². The Balaban J connectivity index is 2.64. The number of ether oxygens (including phenoxy) is 1. The maximum Gasteiger partial charge on any atom is 0.405 e. The smallest absolute Gasteiger partial charge is 0.405 e. The molecule has 1 saturated carbocycles. The van der Waals surface area contributed by atoms with Crippen LogP contribution in [0.25, 0.3) is 0 Å². The summed E-state index contributed by atoms with van der Waals surface area (Å²) in [5, 5.41) is -4.48. The maximum atomic E-state index is 13.0. The molecule has 94 valence electrons. The lowest BCUT2D eigenvalue weighted by Crippen LogP contribution is -2.43. The largest absolute Gasteiger partial charge is 0.455 e. The minimum absolute atomic E-state index is 0.431. The Bertz CT molecular complexity index is 374. The fourth-order valence-electron chi connectivity index (χ4n) is 1.19. The van der Waals surface area contributed by atoms with E-state index in [1.165, 1.54) is 0 Å².